The van der Waals surface area contributed by atoms with Crippen molar-refractivity contribution in [3.8, 4) is 33.5 Å². The predicted octanol–water partition coefficient (Wildman–Crippen LogP) is 5.40. The monoisotopic (exact) mass is 438 g/mol. The van der Waals surface area contributed by atoms with E-state index in [2.05, 4.69) is 39.2 Å². The van der Waals surface area contributed by atoms with Crippen molar-refractivity contribution in [3.05, 3.63) is 59.6 Å². The average molecular weight is 439 g/mol. The van der Waals surface area contributed by atoms with Crippen LogP contribution in [0.1, 0.15) is 12.6 Å². The number of thioether (sulfide) groups is 1. The molecule has 154 valence electrons. The van der Waals surface area contributed by atoms with Crippen molar-refractivity contribution in [2.24, 2.45) is 0 Å². The van der Waals surface area contributed by atoms with Crippen molar-refractivity contribution >= 4 is 23.1 Å². The minimum absolute atomic E-state index is 0.672. The Morgan fingerprint density at radius 1 is 0.967 bits per heavy atom. The fourth-order valence-corrected chi connectivity index (χ4v) is 4.92. The molecule has 0 radical (unpaired) electrons. The van der Waals surface area contributed by atoms with Crippen LogP contribution in [0.25, 0.3) is 22.0 Å². The summed E-state index contributed by atoms with van der Waals surface area (Å²) in [6, 6.07) is 16.0. The number of hydrogen-bond acceptors (Lipinski definition) is 7. The first-order valence-electron chi connectivity index (χ1n) is 9.51. The maximum atomic E-state index is 5.43. The van der Waals surface area contributed by atoms with E-state index >= 15 is 0 Å². The van der Waals surface area contributed by atoms with Gasteiger partial charge in [0.15, 0.2) is 22.5 Å². The molecule has 0 saturated carbocycles. The molecular formula is C22H22N4O2S2. The molecule has 0 unspecified atom stereocenters. The summed E-state index contributed by atoms with van der Waals surface area (Å²) in [7, 11) is 3.26. The van der Waals surface area contributed by atoms with E-state index in [-0.39, 0.29) is 0 Å². The third-order valence-corrected chi connectivity index (χ3v) is 6.54. The minimum atomic E-state index is 0.672. The zero-order valence-corrected chi connectivity index (χ0v) is 18.7. The van der Waals surface area contributed by atoms with Gasteiger partial charge in [0.1, 0.15) is 5.01 Å². The molecule has 0 saturated heterocycles. The lowest BCUT2D eigenvalue weighted by Crippen LogP contribution is -2.00. The molecule has 0 aliphatic rings. The fourth-order valence-electron chi connectivity index (χ4n) is 3.09. The summed E-state index contributed by atoms with van der Waals surface area (Å²) in [4.78, 5) is 4.77. The van der Waals surface area contributed by atoms with Crippen molar-refractivity contribution in [2.75, 3.05) is 14.2 Å². The topological polar surface area (TPSA) is 62.1 Å². The lowest BCUT2D eigenvalue weighted by Gasteiger charge is -2.10. The number of benzene rings is 2. The highest BCUT2D eigenvalue weighted by molar-refractivity contribution is 7.98. The highest BCUT2D eigenvalue weighted by Gasteiger charge is 2.16. The Bertz CT molecular complexity index is 1130. The van der Waals surface area contributed by atoms with Crippen LogP contribution in [0.4, 0.5) is 0 Å². The highest BCUT2D eigenvalue weighted by atomic mass is 32.2. The van der Waals surface area contributed by atoms with Crippen LogP contribution in [0.2, 0.25) is 0 Å². The maximum absolute atomic E-state index is 5.43. The zero-order valence-electron chi connectivity index (χ0n) is 17.0. The summed E-state index contributed by atoms with van der Waals surface area (Å²) < 4.78 is 12.9. The molecule has 0 N–H and O–H groups in total. The van der Waals surface area contributed by atoms with Gasteiger partial charge in [-0.3, -0.25) is 0 Å². The van der Waals surface area contributed by atoms with Crippen LogP contribution in [-0.4, -0.2) is 34.0 Å². The van der Waals surface area contributed by atoms with Gasteiger partial charge in [-0.1, -0.05) is 42.1 Å². The molecule has 0 aliphatic carbocycles. The van der Waals surface area contributed by atoms with E-state index in [1.165, 1.54) is 0 Å². The number of aromatic nitrogens is 4. The van der Waals surface area contributed by atoms with Crippen molar-refractivity contribution in [1.29, 1.82) is 0 Å². The molecule has 4 aromatic rings. The Labute approximate surface area is 183 Å². The van der Waals surface area contributed by atoms with E-state index in [9.17, 15) is 0 Å². The zero-order chi connectivity index (χ0) is 20.9. The molecular weight excluding hydrogens is 416 g/mol. The van der Waals surface area contributed by atoms with E-state index in [0.717, 1.165) is 45.1 Å². The molecule has 2 heterocycles. The predicted molar refractivity (Wildman–Crippen MR) is 121 cm³/mol. The summed E-state index contributed by atoms with van der Waals surface area (Å²) in [6.45, 7) is 2.86. The quantitative estimate of drug-likeness (QED) is 0.343. The fraction of sp³-hybridized carbons (Fsp3) is 0.227. The molecule has 6 nitrogen and oxygen atoms in total. The summed E-state index contributed by atoms with van der Waals surface area (Å²) in [5, 5.41) is 12.9. The van der Waals surface area contributed by atoms with Crippen LogP contribution in [0.3, 0.4) is 0 Å². The molecule has 30 heavy (non-hydrogen) atoms. The second-order valence-corrected chi connectivity index (χ2v) is 8.22. The van der Waals surface area contributed by atoms with E-state index < -0.39 is 0 Å². The van der Waals surface area contributed by atoms with Gasteiger partial charge >= 0.3 is 0 Å². The van der Waals surface area contributed by atoms with E-state index in [0.29, 0.717) is 11.5 Å². The van der Waals surface area contributed by atoms with Crippen molar-refractivity contribution < 1.29 is 9.47 Å². The van der Waals surface area contributed by atoms with Crippen LogP contribution >= 0.6 is 23.1 Å². The van der Waals surface area contributed by atoms with Crippen molar-refractivity contribution in [3.63, 3.8) is 0 Å². The number of ether oxygens (including phenoxy) is 2. The molecule has 2 aromatic carbocycles. The summed E-state index contributed by atoms with van der Waals surface area (Å²) in [5.41, 5.74) is 3.13. The molecule has 2 aromatic heterocycles. The largest absolute Gasteiger partial charge is 0.493 e. The Morgan fingerprint density at radius 3 is 2.50 bits per heavy atom. The second-order valence-electron chi connectivity index (χ2n) is 6.42. The molecule has 8 heteroatoms. The lowest BCUT2D eigenvalue weighted by atomic mass is 10.2. The molecule has 4 rings (SSSR count). The van der Waals surface area contributed by atoms with Crippen LogP contribution in [-0.2, 0) is 12.3 Å². The number of methoxy groups -OCH3 is 2. The number of rotatable bonds is 8. The number of nitrogens with zero attached hydrogens (tertiary/aromatic N) is 4. The summed E-state index contributed by atoms with van der Waals surface area (Å²) in [6.07, 6.45) is 0. The summed E-state index contributed by atoms with van der Waals surface area (Å²) >= 11 is 3.31. The SMILES string of the molecule is CCn1c(SCc2csc(-c3ccccc3)n2)nnc1-c1ccc(OC)c(OC)c1. The van der Waals surface area contributed by atoms with Gasteiger partial charge in [-0.25, -0.2) is 4.98 Å². The first kappa shape index (κ1) is 20.4. The molecule has 0 amide bonds. The van der Waals surface area contributed by atoms with Crippen molar-refractivity contribution in [2.45, 2.75) is 24.4 Å². The summed E-state index contributed by atoms with van der Waals surface area (Å²) in [5.74, 6) is 2.92. The Morgan fingerprint density at radius 2 is 1.77 bits per heavy atom. The molecule has 0 atom stereocenters. The molecule has 0 fully saturated rings. The molecule has 0 bridgehead atoms. The Kier molecular flexibility index (Phi) is 6.35. The van der Waals surface area contributed by atoms with Gasteiger partial charge in [-0.15, -0.1) is 21.5 Å². The normalized spacial score (nSPS) is 10.9. The Balaban J connectivity index is 1.53. The van der Waals surface area contributed by atoms with E-state index in [4.69, 9.17) is 14.5 Å². The lowest BCUT2D eigenvalue weighted by molar-refractivity contribution is 0.355. The van der Waals surface area contributed by atoms with Crippen LogP contribution in [0.15, 0.2) is 59.1 Å². The van der Waals surface area contributed by atoms with E-state index in [1.807, 2.05) is 36.4 Å². The van der Waals surface area contributed by atoms with Crippen LogP contribution < -0.4 is 9.47 Å². The van der Waals surface area contributed by atoms with Crippen LogP contribution in [0, 0.1) is 0 Å². The first-order chi connectivity index (χ1) is 14.7. The van der Waals surface area contributed by atoms with Crippen LogP contribution in [0.5, 0.6) is 11.5 Å². The van der Waals surface area contributed by atoms with Gasteiger partial charge < -0.3 is 14.0 Å². The minimum Gasteiger partial charge on any atom is -0.493 e. The maximum Gasteiger partial charge on any atom is 0.191 e. The Hall–Kier alpha value is -2.84. The third-order valence-electron chi connectivity index (χ3n) is 4.60. The van der Waals surface area contributed by atoms with Gasteiger partial charge in [0.25, 0.3) is 0 Å². The smallest absolute Gasteiger partial charge is 0.191 e. The number of thiazole rings is 1. The number of hydrogen-bond donors (Lipinski definition) is 0. The van der Waals surface area contributed by atoms with Crippen molar-refractivity contribution in [1.82, 2.24) is 19.7 Å². The molecule has 0 spiro atoms. The highest BCUT2D eigenvalue weighted by Crippen LogP contribution is 2.33. The van der Waals surface area contributed by atoms with Gasteiger partial charge in [0.05, 0.1) is 19.9 Å². The third kappa shape index (κ3) is 4.20. The van der Waals surface area contributed by atoms with Gasteiger partial charge in [0.2, 0.25) is 0 Å². The second kappa shape index (κ2) is 9.32. The first-order valence-corrected chi connectivity index (χ1v) is 11.4. The van der Waals surface area contributed by atoms with E-state index in [1.54, 1.807) is 37.3 Å². The molecule has 0 aliphatic heterocycles. The standard InChI is InChI=1S/C22H22N4O2S2/c1-4-26-20(16-10-11-18(27-2)19(12-16)28-3)24-25-22(26)30-14-17-13-29-21(23-17)15-8-6-5-7-9-15/h5-13H,4,14H2,1-3H3. The average Bonchev–Trinajstić information content (AvgIpc) is 3.44. The van der Waals surface area contributed by atoms with Gasteiger partial charge in [0, 0.05) is 28.8 Å². The van der Waals surface area contributed by atoms with Gasteiger partial charge in [-0.05, 0) is 25.1 Å². The van der Waals surface area contributed by atoms with Gasteiger partial charge in [-0.2, -0.15) is 0 Å².